The van der Waals surface area contributed by atoms with E-state index in [0.717, 1.165) is 103 Å². The fourth-order valence-corrected chi connectivity index (χ4v) is 62.5. The number of benzene rings is 2. The Hall–Kier alpha value is -0.111. The van der Waals surface area contributed by atoms with Gasteiger partial charge in [-0.3, -0.25) is 0 Å². The molecule has 0 saturated carbocycles. The first kappa shape index (κ1) is 71.0. The highest BCUT2D eigenvalue weighted by Crippen LogP contribution is 2.40. The molecule has 0 radical (unpaired) electrons. The zero-order chi connectivity index (χ0) is 57.6. The molecule has 0 bridgehead atoms. The minimum Gasteiger partial charge on any atom is -0.508 e. The van der Waals surface area contributed by atoms with Gasteiger partial charge in [-0.15, -0.1) is 0 Å². The van der Waals surface area contributed by atoms with Gasteiger partial charge in [-0.05, 0) is 220 Å². The molecule has 436 valence electrons. The van der Waals surface area contributed by atoms with Crippen molar-refractivity contribution in [2.24, 2.45) is 0 Å². The van der Waals surface area contributed by atoms with E-state index in [2.05, 4.69) is 178 Å². The monoisotopic (exact) mass is 1220 g/mol. The highest BCUT2D eigenvalue weighted by molar-refractivity contribution is 6.92. The molecule has 0 atom stereocenters. The van der Waals surface area contributed by atoms with Gasteiger partial charge in [0.05, 0.1) is 0 Å². The van der Waals surface area contributed by atoms with Gasteiger partial charge in [0.2, 0.25) is 0 Å². The van der Waals surface area contributed by atoms with Crippen molar-refractivity contribution in [1.29, 1.82) is 0 Å². The van der Waals surface area contributed by atoms with Crippen molar-refractivity contribution in [1.82, 2.24) is 0 Å². The first-order valence-corrected chi connectivity index (χ1v) is 58.1. The Morgan fingerprint density at radius 3 is 1.01 bits per heavy atom. The van der Waals surface area contributed by atoms with Crippen LogP contribution in [0.5, 0.6) is 11.5 Å². The molecule has 10 nitrogen and oxygen atoms in total. The van der Waals surface area contributed by atoms with Crippen molar-refractivity contribution in [2.75, 3.05) is 0 Å². The summed E-state index contributed by atoms with van der Waals surface area (Å²) in [6.07, 6.45) is 12.4. The van der Waals surface area contributed by atoms with Gasteiger partial charge >= 0.3 is 51.4 Å². The number of hydrogen-bond donors (Lipinski definition) is 2. The number of aromatic hydroxyl groups is 2. The summed E-state index contributed by atoms with van der Waals surface area (Å²) < 4.78 is 57.5. The van der Waals surface area contributed by atoms with Gasteiger partial charge in [-0.1, -0.05) is 111 Å². The first-order chi connectivity index (χ1) is 34.1. The lowest BCUT2D eigenvalue weighted by Crippen LogP contribution is -2.59. The standard InChI is InChI=1S/C55H116O10Si10/c1-25-29-41-66(7,8)58-70(15,16)62-74(23,63-71(17,18)59-67(9,10)42-30-26-2)45-33-35-49-48-52(56)38-39-53(49)55(5,6)51-37-40-54(57)50(47-51)36-34-46-75(24,64-72(19,20)60-68(11,12)43-31-27-3)65-73(21,22)61-69(13,14)44-32-28-4/h37-40,47-48,56-57H,25-36,41-46H2,1-24H3. The number of hydrogen-bond acceptors (Lipinski definition) is 10. The molecular formula is C55H116O10Si10. The molecule has 0 saturated heterocycles. The van der Waals surface area contributed by atoms with Gasteiger partial charge in [-0.25, -0.2) is 0 Å². The quantitative estimate of drug-likeness (QED) is 0.0630. The van der Waals surface area contributed by atoms with Crippen molar-refractivity contribution in [3.05, 3.63) is 58.7 Å². The molecule has 0 amide bonds. The summed E-state index contributed by atoms with van der Waals surface area (Å²) in [7, 11) is -23.9. The molecule has 2 aromatic rings. The lowest BCUT2D eigenvalue weighted by molar-refractivity contribution is 0.287. The van der Waals surface area contributed by atoms with Crippen LogP contribution in [-0.4, -0.2) is 94.8 Å². The SMILES string of the molecule is CCCC[Si](C)(C)O[Si](C)(C)O[Si](C)(CCCc1cc(C(C)(C)c2ccc(O)cc2CCC[Si](C)(O[Si](C)(C)O[Si](C)(C)CCCC)O[Si](C)(C)O[Si](C)(C)CCCC)ccc1O)O[Si](C)(C)O[Si](C)(C)CCCC. The Morgan fingerprint density at radius 2 is 0.693 bits per heavy atom. The molecule has 75 heavy (non-hydrogen) atoms. The van der Waals surface area contributed by atoms with Gasteiger partial charge in [-0.2, -0.15) is 0 Å². The van der Waals surface area contributed by atoms with Crippen LogP contribution in [0.2, 0.25) is 154 Å². The van der Waals surface area contributed by atoms with Gasteiger partial charge in [0.25, 0.3) is 0 Å². The maximum absolute atomic E-state index is 11.5. The smallest absolute Gasteiger partial charge is 0.317 e. The average Bonchev–Trinajstić information content (AvgIpc) is 3.21. The molecule has 0 aliphatic rings. The fraction of sp³-hybridized carbons (Fsp3) is 0.782. The second-order valence-corrected chi connectivity index (χ2v) is 66.5. The normalized spacial score (nSPS) is 14.3. The Kier molecular flexibility index (Phi) is 27.7. The highest BCUT2D eigenvalue weighted by Gasteiger charge is 2.50. The Labute approximate surface area is 472 Å². The third-order valence-electron chi connectivity index (χ3n) is 14.2. The molecule has 20 heteroatoms. The summed E-state index contributed by atoms with van der Waals surface area (Å²) in [6.45, 7) is 54.4. The van der Waals surface area contributed by atoms with Crippen LogP contribution >= 0.6 is 0 Å². The van der Waals surface area contributed by atoms with E-state index < -0.39 is 90.1 Å². The number of phenolic OH excluding ortho intramolecular Hbond substituents is 2. The minimum absolute atomic E-state index is 0.259. The summed E-state index contributed by atoms with van der Waals surface area (Å²) in [4.78, 5) is 0. The highest BCUT2D eigenvalue weighted by atomic mass is 28.5. The van der Waals surface area contributed by atoms with E-state index in [1.807, 2.05) is 18.2 Å². The molecule has 0 aromatic heterocycles. The molecule has 0 aliphatic heterocycles. The van der Waals surface area contributed by atoms with Crippen LogP contribution < -0.4 is 0 Å². The topological polar surface area (TPSA) is 114 Å². The molecule has 2 aromatic carbocycles. The lowest BCUT2D eigenvalue weighted by atomic mass is 9.75. The number of phenols is 2. The Bertz CT molecular complexity index is 1960. The second-order valence-electron chi connectivity index (χ2n) is 27.2. The van der Waals surface area contributed by atoms with E-state index in [-0.39, 0.29) is 5.75 Å². The van der Waals surface area contributed by atoms with Crippen LogP contribution in [0.15, 0.2) is 36.4 Å². The van der Waals surface area contributed by atoms with Crippen molar-refractivity contribution < 1.29 is 43.1 Å². The van der Waals surface area contributed by atoms with E-state index in [1.54, 1.807) is 0 Å². The maximum atomic E-state index is 11.5. The number of rotatable bonds is 38. The maximum Gasteiger partial charge on any atom is 0.317 e. The molecule has 2 N–H and O–H groups in total. The van der Waals surface area contributed by atoms with Crippen LogP contribution in [0.4, 0.5) is 0 Å². The van der Waals surface area contributed by atoms with E-state index in [4.69, 9.17) is 32.9 Å². The lowest BCUT2D eigenvalue weighted by Gasteiger charge is -2.44. The molecule has 0 fully saturated rings. The Morgan fingerprint density at radius 1 is 0.373 bits per heavy atom. The van der Waals surface area contributed by atoms with E-state index >= 15 is 0 Å². The summed E-state index contributed by atoms with van der Waals surface area (Å²) in [5.41, 5.74) is 3.85. The number of unbranched alkanes of at least 4 members (excludes halogenated alkanes) is 4. The first-order valence-electron chi connectivity index (χ1n) is 29.3. The summed E-state index contributed by atoms with van der Waals surface area (Å²) in [5.74, 6) is 0.562. The molecule has 0 aliphatic carbocycles. The van der Waals surface area contributed by atoms with Crippen LogP contribution in [0, 0.1) is 0 Å². The Balaban J connectivity index is 2.51. The van der Waals surface area contributed by atoms with Crippen LogP contribution in [0.3, 0.4) is 0 Å². The van der Waals surface area contributed by atoms with Crippen LogP contribution in [0.1, 0.15) is 128 Å². The molecular weight excluding hydrogens is 1100 g/mol. The third kappa shape index (κ3) is 26.6. The van der Waals surface area contributed by atoms with Crippen molar-refractivity contribution >= 4 is 84.6 Å². The van der Waals surface area contributed by atoms with Gasteiger partial charge in [0.1, 0.15) is 11.5 Å². The number of aryl methyl sites for hydroxylation is 2. The summed E-state index contributed by atoms with van der Waals surface area (Å²) in [6, 6.07) is 18.0. The predicted octanol–water partition coefficient (Wildman–Crippen LogP) is 18.4. The van der Waals surface area contributed by atoms with Gasteiger partial charge < -0.3 is 43.1 Å². The van der Waals surface area contributed by atoms with Crippen molar-refractivity contribution in [3.8, 4) is 11.5 Å². The zero-order valence-electron chi connectivity index (χ0n) is 52.9. The van der Waals surface area contributed by atoms with Gasteiger partial charge in [0, 0.05) is 5.41 Å². The van der Waals surface area contributed by atoms with E-state index in [0.29, 0.717) is 12.2 Å². The van der Waals surface area contributed by atoms with Gasteiger partial charge in [0.15, 0.2) is 33.3 Å². The second kappa shape index (κ2) is 29.2. The average molecular weight is 1220 g/mol. The largest absolute Gasteiger partial charge is 0.508 e. The summed E-state index contributed by atoms with van der Waals surface area (Å²) >= 11 is 0. The molecule has 0 heterocycles. The molecule has 0 spiro atoms. The third-order valence-corrected chi connectivity index (χ3v) is 54.4. The minimum atomic E-state index is -2.87. The van der Waals surface area contributed by atoms with E-state index in [9.17, 15) is 10.2 Å². The predicted molar refractivity (Wildman–Crippen MR) is 345 cm³/mol. The fourth-order valence-electron chi connectivity index (χ4n) is 11.6. The molecule has 0 unspecified atom stereocenters. The molecule has 2 rings (SSSR count). The van der Waals surface area contributed by atoms with Crippen molar-refractivity contribution in [2.45, 2.75) is 278 Å². The van der Waals surface area contributed by atoms with Crippen molar-refractivity contribution in [3.63, 3.8) is 0 Å². The summed E-state index contributed by atoms with van der Waals surface area (Å²) in [5, 5.41) is 22.5. The van der Waals surface area contributed by atoms with Crippen LogP contribution in [0.25, 0.3) is 0 Å². The van der Waals surface area contributed by atoms with E-state index in [1.165, 1.54) is 25.7 Å². The van der Waals surface area contributed by atoms with Crippen LogP contribution in [-0.2, 0) is 51.2 Å². The zero-order valence-corrected chi connectivity index (χ0v) is 62.9.